The predicted molar refractivity (Wildman–Crippen MR) is 80.1 cm³/mol. The Labute approximate surface area is 125 Å². The van der Waals surface area contributed by atoms with Crippen molar-refractivity contribution in [1.29, 1.82) is 0 Å². The number of rotatable bonds is 3. The van der Waals surface area contributed by atoms with Crippen LogP contribution in [0.2, 0.25) is 0 Å². The number of hydrogen-bond donors (Lipinski definition) is 1. The van der Waals surface area contributed by atoms with Crippen molar-refractivity contribution in [2.75, 3.05) is 6.54 Å². The number of thiophene rings is 1. The average molecular weight is 307 g/mol. The van der Waals surface area contributed by atoms with Crippen LogP contribution >= 0.6 is 11.3 Å². The third-order valence-corrected chi connectivity index (χ3v) is 4.71. The SMILES string of the molecule is CC1(c2cccc(F)c2F)CN=C(N)N1Cc1cccs1. The zero-order chi connectivity index (χ0) is 15.0. The van der Waals surface area contributed by atoms with Crippen molar-refractivity contribution in [3.63, 3.8) is 0 Å². The second kappa shape index (κ2) is 5.11. The topological polar surface area (TPSA) is 41.6 Å². The van der Waals surface area contributed by atoms with E-state index in [0.717, 1.165) is 10.9 Å². The van der Waals surface area contributed by atoms with E-state index >= 15 is 0 Å². The van der Waals surface area contributed by atoms with Crippen LogP contribution in [-0.4, -0.2) is 17.4 Å². The Morgan fingerprint density at radius 3 is 2.86 bits per heavy atom. The number of aliphatic imine (C=N–C) groups is 1. The van der Waals surface area contributed by atoms with E-state index in [1.807, 2.05) is 29.3 Å². The largest absolute Gasteiger partial charge is 0.370 e. The summed E-state index contributed by atoms with van der Waals surface area (Å²) in [5.74, 6) is -1.33. The molecule has 2 aromatic rings. The minimum absolute atomic E-state index is 0.281. The van der Waals surface area contributed by atoms with Gasteiger partial charge in [0.1, 0.15) is 0 Å². The Morgan fingerprint density at radius 2 is 2.14 bits per heavy atom. The molecule has 3 nitrogen and oxygen atoms in total. The lowest BCUT2D eigenvalue weighted by Gasteiger charge is -2.36. The summed E-state index contributed by atoms with van der Waals surface area (Å²) in [5.41, 5.74) is 5.46. The first-order chi connectivity index (χ1) is 10.0. The van der Waals surface area contributed by atoms with E-state index in [2.05, 4.69) is 4.99 Å². The lowest BCUT2D eigenvalue weighted by molar-refractivity contribution is 0.210. The maximum Gasteiger partial charge on any atom is 0.192 e. The van der Waals surface area contributed by atoms with Crippen molar-refractivity contribution >= 4 is 17.3 Å². The van der Waals surface area contributed by atoms with Crippen LogP contribution in [0.25, 0.3) is 0 Å². The van der Waals surface area contributed by atoms with Gasteiger partial charge >= 0.3 is 0 Å². The summed E-state index contributed by atoms with van der Waals surface area (Å²) in [7, 11) is 0. The first-order valence-electron chi connectivity index (χ1n) is 6.57. The van der Waals surface area contributed by atoms with E-state index in [0.29, 0.717) is 19.0 Å². The van der Waals surface area contributed by atoms with Gasteiger partial charge in [0.05, 0.1) is 18.6 Å². The van der Waals surface area contributed by atoms with Gasteiger partial charge in [0, 0.05) is 10.4 Å². The smallest absolute Gasteiger partial charge is 0.192 e. The number of nitrogens with two attached hydrogens (primary N) is 1. The molecule has 0 saturated heterocycles. The number of nitrogens with zero attached hydrogens (tertiary/aromatic N) is 2. The molecule has 6 heteroatoms. The summed E-state index contributed by atoms with van der Waals surface area (Å²) in [4.78, 5) is 7.16. The summed E-state index contributed by atoms with van der Waals surface area (Å²) >= 11 is 1.60. The molecule has 110 valence electrons. The number of hydrogen-bond acceptors (Lipinski definition) is 4. The monoisotopic (exact) mass is 307 g/mol. The Hall–Kier alpha value is -1.95. The van der Waals surface area contributed by atoms with Crippen LogP contribution in [0.4, 0.5) is 8.78 Å². The molecule has 0 aliphatic carbocycles. The van der Waals surface area contributed by atoms with Crippen LogP contribution < -0.4 is 5.73 Å². The predicted octanol–water partition coefficient (Wildman–Crippen LogP) is 3.07. The van der Waals surface area contributed by atoms with Crippen LogP contribution in [0.5, 0.6) is 0 Å². The van der Waals surface area contributed by atoms with Crippen LogP contribution in [-0.2, 0) is 12.1 Å². The van der Waals surface area contributed by atoms with Gasteiger partial charge < -0.3 is 10.6 Å². The van der Waals surface area contributed by atoms with Crippen LogP contribution in [0.3, 0.4) is 0 Å². The van der Waals surface area contributed by atoms with Gasteiger partial charge in [-0.15, -0.1) is 11.3 Å². The fraction of sp³-hybridized carbons (Fsp3) is 0.267. The molecule has 21 heavy (non-hydrogen) atoms. The first-order valence-corrected chi connectivity index (χ1v) is 7.45. The molecule has 2 heterocycles. The van der Waals surface area contributed by atoms with Crippen LogP contribution in [0.15, 0.2) is 40.7 Å². The minimum atomic E-state index is -0.852. The minimum Gasteiger partial charge on any atom is -0.370 e. The summed E-state index contributed by atoms with van der Waals surface area (Å²) in [6, 6.07) is 8.15. The Kier molecular flexibility index (Phi) is 3.41. The van der Waals surface area contributed by atoms with Gasteiger partial charge in [-0.05, 0) is 24.4 Å². The van der Waals surface area contributed by atoms with E-state index in [1.54, 1.807) is 17.4 Å². The molecule has 0 radical (unpaired) electrons. The summed E-state index contributed by atoms with van der Waals surface area (Å²) in [5, 5.41) is 1.97. The lowest BCUT2D eigenvalue weighted by Crippen LogP contribution is -2.47. The molecule has 1 aliphatic heterocycles. The van der Waals surface area contributed by atoms with Gasteiger partial charge in [-0.3, -0.25) is 4.99 Å². The zero-order valence-electron chi connectivity index (χ0n) is 11.5. The Morgan fingerprint density at radius 1 is 1.33 bits per heavy atom. The normalized spacial score (nSPS) is 21.7. The van der Waals surface area contributed by atoms with Gasteiger partial charge in [-0.2, -0.15) is 0 Å². The third kappa shape index (κ3) is 2.29. The van der Waals surface area contributed by atoms with Crippen molar-refractivity contribution in [2.24, 2.45) is 10.7 Å². The van der Waals surface area contributed by atoms with E-state index < -0.39 is 17.2 Å². The molecular formula is C15H15F2N3S. The second-order valence-electron chi connectivity index (χ2n) is 5.22. The van der Waals surface area contributed by atoms with E-state index in [1.165, 1.54) is 6.07 Å². The highest BCUT2D eigenvalue weighted by Crippen LogP contribution is 2.36. The molecule has 0 fully saturated rings. The maximum absolute atomic E-state index is 14.2. The molecule has 0 saturated carbocycles. The van der Waals surface area contributed by atoms with Crippen molar-refractivity contribution < 1.29 is 8.78 Å². The van der Waals surface area contributed by atoms with Gasteiger partial charge in [-0.1, -0.05) is 18.2 Å². The first kappa shape index (κ1) is 14.0. The molecule has 1 atom stereocenters. The Balaban J connectivity index is 2.00. The highest BCUT2D eigenvalue weighted by atomic mass is 32.1. The number of guanidine groups is 1. The third-order valence-electron chi connectivity index (χ3n) is 3.85. The quantitative estimate of drug-likeness (QED) is 0.947. The summed E-state index contributed by atoms with van der Waals surface area (Å²) in [6.45, 7) is 2.67. The van der Waals surface area contributed by atoms with E-state index in [-0.39, 0.29) is 5.56 Å². The molecule has 0 amide bonds. The van der Waals surface area contributed by atoms with Crippen molar-refractivity contribution in [3.8, 4) is 0 Å². The molecule has 2 N–H and O–H groups in total. The highest BCUT2D eigenvalue weighted by Gasteiger charge is 2.41. The summed E-state index contributed by atoms with van der Waals surface area (Å²) < 4.78 is 27.7. The van der Waals surface area contributed by atoms with Gasteiger partial charge in [-0.25, -0.2) is 8.78 Å². The fourth-order valence-corrected chi connectivity index (χ4v) is 3.32. The number of benzene rings is 1. The molecular weight excluding hydrogens is 292 g/mol. The standard InChI is InChI=1S/C15H15F2N3S/c1-15(11-5-2-6-12(16)13(11)17)9-19-14(18)20(15)8-10-4-3-7-21-10/h2-7H,8-9H2,1H3,(H2,18,19). The van der Waals surface area contributed by atoms with E-state index in [9.17, 15) is 8.78 Å². The van der Waals surface area contributed by atoms with Gasteiger partial charge in [0.25, 0.3) is 0 Å². The molecule has 3 rings (SSSR count). The van der Waals surface area contributed by atoms with E-state index in [4.69, 9.17) is 5.73 Å². The lowest BCUT2D eigenvalue weighted by atomic mass is 9.90. The van der Waals surface area contributed by atoms with Crippen LogP contribution in [0, 0.1) is 11.6 Å². The molecule has 0 spiro atoms. The van der Waals surface area contributed by atoms with Crippen molar-refractivity contribution in [1.82, 2.24) is 4.90 Å². The zero-order valence-corrected chi connectivity index (χ0v) is 12.3. The molecule has 1 aromatic carbocycles. The second-order valence-corrected chi connectivity index (χ2v) is 6.25. The van der Waals surface area contributed by atoms with Crippen LogP contribution in [0.1, 0.15) is 17.4 Å². The van der Waals surface area contributed by atoms with Crippen molar-refractivity contribution in [3.05, 3.63) is 57.8 Å². The van der Waals surface area contributed by atoms with Gasteiger partial charge in [0.15, 0.2) is 17.6 Å². The molecule has 0 bridgehead atoms. The average Bonchev–Trinajstić information content (AvgIpc) is 3.06. The fourth-order valence-electron chi connectivity index (χ4n) is 2.62. The van der Waals surface area contributed by atoms with Gasteiger partial charge in [0.2, 0.25) is 0 Å². The maximum atomic E-state index is 14.2. The molecule has 1 unspecified atom stereocenters. The highest BCUT2D eigenvalue weighted by molar-refractivity contribution is 7.09. The summed E-state index contributed by atoms with van der Waals surface area (Å²) in [6.07, 6.45) is 0. The Bertz CT molecular complexity index is 684. The van der Waals surface area contributed by atoms with Crippen molar-refractivity contribution in [2.45, 2.75) is 19.0 Å². The molecule has 1 aromatic heterocycles. The number of halogens is 2. The molecule has 1 aliphatic rings.